The number of amides is 1. The second kappa shape index (κ2) is 8.68. The molecule has 1 N–H and O–H groups in total. The number of hydrogen-bond acceptors (Lipinski definition) is 3. The molecule has 2 heterocycles. The zero-order valence-electron chi connectivity index (χ0n) is 16.1. The molecule has 0 aliphatic heterocycles. The quantitative estimate of drug-likeness (QED) is 0.810. The first-order chi connectivity index (χ1) is 13.3. The van der Waals surface area contributed by atoms with Gasteiger partial charge in [0.15, 0.2) is 0 Å². The molecule has 2 aliphatic carbocycles. The molecule has 5 heteroatoms. The highest BCUT2D eigenvalue weighted by molar-refractivity contribution is 5.76. The fourth-order valence-corrected chi connectivity index (χ4v) is 4.58. The summed E-state index contributed by atoms with van der Waals surface area (Å²) < 4.78 is 2.15. The summed E-state index contributed by atoms with van der Waals surface area (Å²) in [5.41, 5.74) is 2.95. The summed E-state index contributed by atoms with van der Waals surface area (Å²) in [6.07, 6.45) is 13.6. The zero-order valence-corrected chi connectivity index (χ0v) is 16.1. The minimum absolute atomic E-state index is 0.164. The van der Waals surface area contributed by atoms with Crippen molar-refractivity contribution in [2.24, 2.45) is 5.92 Å². The molecule has 2 aliphatic rings. The molecule has 2 aromatic heterocycles. The number of carbonyl (C=O) groups excluding carboxylic acids is 1. The van der Waals surface area contributed by atoms with Gasteiger partial charge in [-0.3, -0.25) is 14.5 Å². The lowest BCUT2D eigenvalue weighted by Crippen LogP contribution is -2.26. The smallest absolute Gasteiger partial charge is 0.220 e. The molecular formula is C22H30N4O. The van der Waals surface area contributed by atoms with Crippen LogP contribution >= 0.6 is 0 Å². The topological polar surface area (TPSA) is 59.8 Å². The maximum Gasteiger partial charge on any atom is 0.220 e. The molecule has 0 saturated heterocycles. The summed E-state index contributed by atoms with van der Waals surface area (Å²) in [7, 11) is 0. The van der Waals surface area contributed by atoms with Gasteiger partial charge in [-0.05, 0) is 49.8 Å². The average Bonchev–Trinajstić information content (AvgIpc) is 3.37. The van der Waals surface area contributed by atoms with E-state index in [1.165, 1.54) is 57.8 Å². The lowest BCUT2D eigenvalue weighted by molar-refractivity contribution is -0.122. The van der Waals surface area contributed by atoms with Gasteiger partial charge in [0.25, 0.3) is 0 Å². The van der Waals surface area contributed by atoms with E-state index in [0.717, 1.165) is 17.1 Å². The van der Waals surface area contributed by atoms with Gasteiger partial charge in [-0.15, -0.1) is 0 Å². The van der Waals surface area contributed by atoms with Crippen LogP contribution in [-0.2, 0) is 11.3 Å². The highest BCUT2D eigenvalue weighted by Gasteiger charge is 2.23. The predicted molar refractivity (Wildman–Crippen MR) is 106 cm³/mol. The van der Waals surface area contributed by atoms with Gasteiger partial charge in [-0.1, -0.05) is 38.2 Å². The molecule has 2 fully saturated rings. The molecule has 0 aromatic carbocycles. The third kappa shape index (κ3) is 4.57. The molecule has 5 nitrogen and oxygen atoms in total. The van der Waals surface area contributed by atoms with Crippen LogP contribution in [0.4, 0.5) is 0 Å². The van der Waals surface area contributed by atoms with Gasteiger partial charge < -0.3 is 5.32 Å². The largest absolute Gasteiger partial charge is 0.350 e. The fourth-order valence-electron chi connectivity index (χ4n) is 4.58. The van der Waals surface area contributed by atoms with E-state index >= 15 is 0 Å². The molecule has 0 radical (unpaired) electrons. The molecule has 4 rings (SSSR count). The number of carbonyl (C=O) groups is 1. The Morgan fingerprint density at radius 2 is 1.85 bits per heavy atom. The van der Waals surface area contributed by atoms with Gasteiger partial charge in [-0.25, -0.2) is 0 Å². The Morgan fingerprint density at radius 3 is 2.59 bits per heavy atom. The van der Waals surface area contributed by atoms with Gasteiger partial charge in [0.2, 0.25) is 5.91 Å². The maximum absolute atomic E-state index is 12.3. The average molecular weight is 367 g/mol. The van der Waals surface area contributed by atoms with E-state index in [2.05, 4.69) is 21.0 Å². The molecule has 2 saturated carbocycles. The van der Waals surface area contributed by atoms with Crippen molar-refractivity contribution in [2.75, 3.05) is 0 Å². The number of nitrogens with one attached hydrogen (secondary N) is 1. The van der Waals surface area contributed by atoms with E-state index in [-0.39, 0.29) is 5.91 Å². The monoisotopic (exact) mass is 366 g/mol. The number of aromatic nitrogens is 3. The van der Waals surface area contributed by atoms with Gasteiger partial charge in [-0.2, -0.15) is 5.10 Å². The first-order valence-electron chi connectivity index (χ1n) is 10.6. The molecule has 0 bridgehead atoms. The Balaban J connectivity index is 1.44. The van der Waals surface area contributed by atoms with Crippen LogP contribution in [0.2, 0.25) is 0 Å². The minimum Gasteiger partial charge on any atom is -0.350 e. The lowest BCUT2D eigenvalue weighted by Gasteiger charge is -2.20. The van der Waals surface area contributed by atoms with Crippen molar-refractivity contribution >= 4 is 5.91 Å². The van der Waals surface area contributed by atoms with Crippen LogP contribution in [0, 0.1) is 5.92 Å². The molecule has 2 aromatic rings. The lowest BCUT2D eigenvalue weighted by atomic mass is 9.87. The second-order valence-corrected chi connectivity index (χ2v) is 8.10. The Morgan fingerprint density at radius 1 is 1.07 bits per heavy atom. The Hall–Kier alpha value is -2.17. The highest BCUT2D eigenvalue weighted by atomic mass is 16.1. The zero-order chi connectivity index (χ0) is 18.5. The molecule has 144 valence electrons. The van der Waals surface area contributed by atoms with Crippen LogP contribution in [0.3, 0.4) is 0 Å². The SMILES string of the molecule is O=C(CC1CCCCC1)NCc1cc(-c2ccccn2)n(C2CCCC2)n1. The Labute approximate surface area is 161 Å². The van der Waals surface area contributed by atoms with E-state index in [1.807, 2.05) is 24.4 Å². The van der Waals surface area contributed by atoms with Gasteiger partial charge >= 0.3 is 0 Å². The van der Waals surface area contributed by atoms with E-state index in [0.29, 0.717) is 24.9 Å². The first-order valence-corrected chi connectivity index (χ1v) is 10.6. The van der Waals surface area contributed by atoms with Crippen LogP contribution in [0.5, 0.6) is 0 Å². The number of hydrogen-bond donors (Lipinski definition) is 1. The summed E-state index contributed by atoms with van der Waals surface area (Å²) in [5.74, 6) is 0.732. The fraction of sp³-hybridized carbons (Fsp3) is 0.591. The molecule has 1 amide bonds. The second-order valence-electron chi connectivity index (χ2n) is 8.10. The standard InChI is InChI=1S/C22H30N4O/c27-22(14-17-8-2-1-3-9-17)24-16-18-15-21(20-12-6-7-13-23-20)26(25-18)19-10-4-5-11-19/h6-7,12-13,15,17,19H,1-5,8-11,14,16H2,(H,24,27). The van der Waals surface area contributed by atoms with Crippen LogP contribution < -0.4 is 5.32 Å². The Bertz CT molecular complexity index is 743. The molecular weight excluding hydrogens is 336 g/mol. The van der Waals surface area contributed by atoms with Gasteiger partial charge in [0.05, 0.1) is 29.7 Å². The van der Waals surface area contributed by atoms with Crippen molar-refractivity contribution in [3.05, 3.63) is 36.2 Å². The van der Waals surface area contributed by atoms with E-state index in [9.17, 15) is 4.79 Å². The Kier molecular flexibility index (Phi) is 5.85. The third-order valence-corrected chi connectivity index (χ3v) is 6.05. The maximum atomic E-state index is 12.3. The predicted octanol–water partition coefficient (Wildman–Crippen LogP) is 4.65. The van der Waals surface area contributed by atoms with Crippen LogP contribution in [0.15, 0.2) is 30.5 Å². The number of rotatable bonds is 6. The van der Waals surface area contributed by atoms with Crippen molar-refractivity contribution < 1.29 is 4.79 Å². The van der Waals surface area contributed by atoms with Gasteiger partial charge in [0, 0.05) is 12.6 Å². The molecule has 0 atom stereocenters. The summed E-state index contributed by atoms with van der Waals surface area (Å²) in [6, 6.07) is 8.54. The molecule has 0 unspecified atom stereocenters. The van der Waals surface area contributed by atoms with E-state index < -0.39 is 0 Å². The number of pyridine rings is 1. The van der Waals surface area contributed by atoms with Crippen LogP contribution in [0.25, 0.3) is 11.4 Å². The summed E-state index contributed by atoms with van der Waals surface area (Å²) in [4.78, 5) is 16.9. The normalized spacial score (nSPS) is 18.7. The summed E-state index contributed by atoms with van der Waals surface area (Å²) in [5, 5.41) is 7.94. The summed E-state index contributed by atoms with van der Waals surface area (Å²) >= 11 is 0. The van der Waals surface area contributed by atoms with Crippen molar-refractivity contribution in [3.63, 3.8) is 0 Å². The first kappa shape index (κ1) is 18.2. The van der Waals surface area contributed by atoms with Gasteiger partial charge in [0.1, 0.15) is 0 Å². The van der Waals surface area contributed by atoms with E-state index in [1.54, 1.807) is 0 Å². The van der Waals surface area contributed by atoms with Crippen LogP contribution in [0.1, 0.15) is 75.9 Å². The van der Waals surface area contributed by atoms with Crippen molar-refractivity contribution in [1.29, 1.82) is 0 Å². The van der Waals surface area contributed by atoms with Crippen LogP contribution in [-0.4, -0.2) is 20.7 Å². The van der Waals surface area contributed by atoms with Crippen molar-refractivity contribution in [3.8, 4) is 11.4 Å². The highest BCUT2D eigenvalue weighted by Crippen LogP contribution is 2.33. The minimum atomic E-state index is 0.164. The molecule has 27 heavy (non-hydrogen) atoms. The molecule has 0 spiro atoms. The van der Waals surface area contributed by atoms with Crippen molar-refractivity contribution in [2.45, 2.75) is 76.8 Å². The summed E-state index contributed by atoms with van der Waals surface area (Å²) in [6.45, 7) is 0.505. The van der Waals surface area contributed by atoms with E-state index in [4.69, 9.17) is 5.10 Å². The third-order valence-electron chi connectivity index (χ3n) is 6.05. The van der Waals surface area contributed by atoms with Crippen molar-refractivity contribution in [1.82, 2.24) is 20.1 Å². The number of nitrogens with zero attached hydrogens (tertiary/aromatic N) is 3.